The van der Waals surface area contributed by atoms with Crippen molar-refractivity contribution in [1.29, 1.82) is 0 Å². The highest BCUT2D eigenvalue weighted by Crippen LogP contribution is 2.27. The molecule has 2 N–H and O–H groups in total. The monoisotopic (exact) mass is 493 g/mol. The molecule has 0 aliphatic rings. The first-order valence-electron chi connectivity index (χ1n) is 11.4. The molecule has 36 heavy (non-hydrogen) atoms. The molecule has 1 aromatic heterocycles. The molecule has 5 rings (SSSR count). The maximum Gasteiger partial charge on any atom is 0.248 e. The molecule has 0 aliphatic heterocycles. The van der Waals surface area contributed by atoms with Crippen LogP contribution in [0.1, 0.15) is 5.56 Å². The summed E-state index contributed by atoms with van der Waals surface area (Å²) in [6.45, 7) is 0. The molecule has 1 heterocycles. The van der Waals surface area contributed by atoms with E-state index in [2.05, 4.69) is 21.0 Å². The van der Waals surface area contributed by atoms with Gasteiger partial charge in [0, 0.05) is 11.3 Å². The van der Waals surface area contributed by atoms with Crippen LogP contribution in [0.15, 0.2) is 108 Å². The second kappa shape index (κ2) is 10.9. The number of carbonyl (C=O) groups is 2. The third kappa shape index (κ3) is 5.29. The van der Waals surface area contributed by atoms with Gasteiger partial charge in [0.1, 0.15) is 0 Å². The fraction of sp³-hybridized carbons (Fsp3) is 0.0714. The lowest BCUT2D eigenvalue weighted by Crippen LogP contribution is -2.43. The van der Waals surface area contributed by atoms with Crippen molar-refractivity contribution in [2.75, 3.05) is 5.75 Å². The highest BCUT2D eigenvalue weighted by atomic mass is 32.2. The number of fused-ring (bicyclic) bond motifs is 1. The maximum atomic E-state index is 12.5. The maximum absolute atomic E-state index is 12.5. The van der Waals surface area contributed by atoms with E-state index in [4.69, 9.17) is 0 Å². The summed E-state index contributed by atoms with van der Waals surface area (Å²) in [5.74, 6) is 0.126. The molecule has 8 heteroatoms. The minimum absolute atomic E-state index is 0.0638. The lowest BCUT2D eigenvalue weighted by Gasteiger charge is -2.11. The van der Waals surface area contributed by atoms with Crippen LogP contribution in [0.5, 0.6) is 0 Å². The highest BCUT2D eigenvalue weighted by molar-refractivity contribution is 7.99. The molecule has 0 unspecified atom stereocenters. The molecule has 0 fully saturated rings. The standard InChI is InChI=1S/C28H23N5O2S/c34-25(18-22-14-9-13-20-10-7-8-17-24(20)22)29-30-26(35)19-36-28-32-31-27(21-11-3-1-4-12-21)33(28)23-15-5-2-6-16-23/h1-17H,18-19H2,(H,29,34)(H,30,35). The number of hydrogen-bond donors (Lipinski definition) is 2. The highest BCUT2D eigenvalue weighted by Gasteiger charge is 2.17. The summed E-state index contributed by atoms with van der Waals surface area (Å²) in [7, 11) is 0. The van der Waals surface area contributed by atoms with Crippen molar-refractivity contribution in [3.8, 4) is 17.1 Å². The van der Waals surface area contributed by atoms with Gasteiger partial charge < -0.3 is 0 Å². The number of thioether (sulfide) groups is 1. The minimum Gasteiger partial charge on any atom is -0.273 e. The number of carbonyl (C=O) groups excluding carboxylic acids is 2. The van der Waals surface area contributed by atoms with Gasteiger partial charge in [-0.1, -0.05) is 103 Å². The molecular formula is C28H23N5O2S. The van der Waals surface area contributed by atoms with E-state index in [1.807, 2.05) is 108 Å². The third-order valence-electron chi connectivity index (χ3n) is 5.58. The van der Waals surface area contributed by atoms with Gasteiger partial charge in [0.25, 0.3) is 0 Å². The molecule has 7 nitrogen and oxygen atoms in total. The van der Waals surface area contributed by atoms with E-state index in [1.165, 1.54) is 11.8 Å². The van der Waals surface area contributed by atoms with Gasteiger partial charge in [0.15, 0.2) is 11.0 Å². The quantitative estimate of drug-likeness (QED) is 0.256. The Bertz CT molecular complexity index is 1500. The summed E-state index contributed by atoms with van der Waals surface area (Å²) in [5, 5.41) is 11.4. The van der Waals surface area contributed by atoms with Crippen LogP contribution >= 0.6 is 11.8 Å². The lowest BCUT2D eigenvalue weighted by molar-refractivity contribution is -0.127. The van der Waals surface area contributed by atoms with Crippen molar-refractivity contribution in [3.05, 3.63) is 109 Å². The van der Waals surface area contributed by atoms with Crippen molar-refractivity contribution in [2.45, 2.75) is 11.6 Å². The molecule has 0 aliphatic carbocycles. The van der Waals surface area contributed by atoms with E-state index in [0.29, 0.717) is 11.0 Å². The van der Waals surface area contributed by atoms with Crippen LogP contribution in [0, 0.1) is 0 Å². The summed E-state index contributed by atoms with van der Waals surface area (Å²) in [4.78, 5) is 25.0. The SMILES string of the molecule is O=C(CSc1nnc(-c2ccccc2)n1-c1ccccc1)NNC(=O)Cc1cccc2ccccc12. The summed E-state index contributed by atoms with van der Waals surface area (Å²) in [6.07, 6.45) is 0.164. The van der Waals surface area contributed by atoms with Gasteiger partial charge in [0.05, 0.1) is 12.2 Å². The van der Waals surface area contributed by atoms with Crippen molar-refractivity contribution in [3.63, 3.8) is 0 Å². The summed E-state index contributed by atoms with van der Waals surface area (Å²) < 4.78 is 1.92. The predicted molar refractivity (Wildman–Crippen MR) is 141 cm³/mol. The molecule has 178 valence electrons. The van der Waals surface area contributed by atoms with Gasteiger partial charge in [0.2, 0.25) is 11.8 Å². The number of benzene rings is 4. The topological polar surface area (TPSA) is 88.9 Å². The number of para-hydroxylation sites is 1. The number of amides is 2. The Morgan fingerprint density at radius 1 is 0.722 bits per heavy atom. The predicted octanol–water partition coefficient (Wildman–Crippen LogP) is 4.57. The Kier molecular flexibility index (Phi) is 7.05. The zero-order chi connectivity index (χ0) is 24.7. The van der Waals surface area contributed by atoms with Gasteiger partial charge in [-0.3, -0.25) is 25.0 Å². The molecule has 0 bridgehead atoms. The fourth-order valence-electron chi connectivity index (χ4n) is 3.92. The smallest absolute Gasteiger partial charge is 0.248 e. The van der Waals surface area contributed by atoms with Crippen LogP contribution in [0.25, 0.3) is 27.8 Å². The molecular weight excluding hydrogens is 470 g/mol. The normalized spacial score (nSPS) is 10.8. The van der Waals surface area contributed by atoms with Crippen LogP contribution in [0.3, 0.4) is 0 Å². The average Bonchev–Trinajstić information content (AvgIpc) is 3.36. The van der Waals surface area contributed by atoms with E-state index in [1.54, 1.807) is 0 Å². The largest absolute Gasteiger partial charge is 0.273 e. The van der Waals surface area contributed by atoms with E-state index in [-0.39, 0.29) is 24.0 Å². The van der Waals surface area contributed by atoms with Crippen LogP contribution in [-0.2, 0) is 16.0 Å². The number of aromatic nitrogens is 3. The van der Waals surface area contributed by atoms with Crippen LogP contribution in [-0.4, -0.2) is 32.3 Å². The van der Waals surface area contributed by atoms with Gasteiger partial charge in [-0.25, -0.2) is 0 Å². The van der Waals surface area contributed by atoms with E-state index >= 15 is 0 Å². The molecule has 0 saturated carbocycles. The van der Waals surface area contributed by atoms with E-state index in [9.17, 15) is 9.59 Å². The Morgan fingerprint density at radius 2 is 1.39 bits per heavy atom. The Hall–Kier alpha value is -4.43. The van der Waals surface area contributed by atoms with Crippen LogP contribution in [0.4, 0.5) is 0 Å². The molecule has 0 radical (unpaired) electrons. The first kappa shape index (κ1) is 23.3. The fourth-order valence-corrected chi connectivity index (χ4v) is 4.67. The van der Waals surface area contributed by atoms with Crippen molar-refractivity contribution in [2.24, 2.45) is 0 Å². The number of hydrogen-bond acceptors (Lipinski definition) is 5. The number of hydrazine groups is 1. The molecule has 2 amide bonds. The Morgan fingerprint density at radius 3 is 2.19 bits per heavy atom. The lowest BCUT2D eigenvalue weighted by atomic mass is 10.0. The second-order valence-corrected chi connectivity index (χ2v) is 8.99. The summed E-state index contributed by atoms with van der Waals surface area (Å²) in [6, 6.07) is 33.3. The Labute approximate surface area is 212 Å². The number of rotatable bonds is 7. The third-order valence-corrected chi connectivity index (χ3v) is 6.51. The average molecular weight is 494 g/mol. The van der Waals surface area contributed by atoms with Crippen molar-refractivity contribution < 1.29 is 9.59 Å². The van der Waals surface area contributed by atoms with Crippen LogP contribution in [0.2, 0.25) is 0 Å². The Balaban J connectivity index is 1.23. The number of nitrogens with zero attached hydrogens (tertiary/aromatic N) is 3. The van der Waals surface area contributed by atoms with Gasteiger partial charge in [-0.15, -0.1) is 10.2 Å². The van der Waals surface area contributed by atoms with Gasteiger partial charge >= 0.3 is 0 Å². The second-order valence-electron chi connectivity index (χ2n) is 8.04. The van der Waals surface area contributed by atoms with E-state index in [0.717, 1.165) is 27.6 Å². The molecule has 4 aromatic carbocycles. The molecule has 0 atom stereocenters. The van der Waals surface area contributed by atoms with Gasteiger partial charge in [-0.2, -0.15) is 0 Å². The zero-order valence-electron chi connectivity index (χ0n) is 19.3. The number of nitrogens with one attached hydrogen (secondary N) is 2. The molecule has 5 aromatic rings. The first-order chi connectivity index (χ1) is 17.7. The van der Waals surface area contributed by atoms with E-state index < -0.39 is 0 Å². The van der Waals surface area contributed by atoms with Gasteiger partial charge in [-0.05, 0) is 28.5 Å². The summed E-state index contributed by atoms with van der Waals surface area (Å²) in [5.41, 5.74) is 7.74. The summed E-state index contributed by atoms with van der Waals surface area (Å²) >= 11 is 1.25. The van der Waals surface area contributed by atoms with Crippen LogP contribution < -0.4 is 10.9 Å². The van der Waals surface area contributed by atoms with Crippen molar-refractivity contribution >= 4 is 34.3 Å². The molecule has 0 saturated heterocycles. The first-order valence-corrected chi connectivity index (χ1v) is 12.4. The minimum atomic E-state index is -0.338. The molecule has 0 spiro atoms. The zero-order valence-corrected chi connectivity index (χ0v) is 20.1. The van der Waals surface area contributed by atoms with Crippen molar-refractivity contribution in [1.82, 2.24) is 25.6 Å².